The fraction of sp³-hybridized carbons (Fsp3) is 0.649. The second kappa shape index (κ2) is 20.1. The molecule has 12 rings (SSSR count). The smallest absolute Gasteiger partial charge is 0.406 e. The molecule has 1 unspecified atom stereocenters. The number of nitrogens with one attached hydrogen (secondary N) is 2. The van der Waals surface area contributed by atoms with E-state index in [2.05, 4.69) is 30.4 Å². The Morgan fingerprint density at radius 1 is 1.00 bits per heavy atom. The monoisotopic (exact) mass is 1070 g/mol. The fourth-order valence-corrected chi connectivity index (χ4v) is 14.8. The molecule has 3 amide bonds. The number of esters is 1. The van der Waals surface area contributed by atoms with E-state index < -0.39 is 48.3 Å². The number of likely N-dealkylation sites (tertiary alicyclic amines) is 2. The highest BCUT2D eigenvalue weighted by atomic mass is 32.1. The van der Waals surface area contributed by atoms with E-state index in [0.29, 0.717) is 93.0 Å². The van der Waals surface area contributed by atoms with Crippen molar-refractivity contribution >= 4 is 45.9 Å². The zero-order valence-electron chi connectivity index (χ0n) is 44.2. The molecular formula is C57H72F3N9O6S. The van der Waals surface area contributed by atoms with Gasteiger partial charge in [0.05, 0.1) is 40.8 Å². The van der Waals surface area contributed by atoms with Gasteiger partial charge in [-0.3, -0.25) is 39.0 Å². The van der Waals surface area contributed by atoms with E-state index in [1.807, 2.05) is 32.2 Å². The molecule has 6 bridgehead atoms. The molecule has 3 aromatic heterocycles. The van der Waals surface area contributed by atoms with Crippen LogP contribution in [0.25, 0.3) is 33.4 Å². The number of hydrogen-bond donors (Lipinski definition) is 2. The van der Waals surface area contributed by atoms with Crippen LogP contribution in [0.1, 0.15) is 120 Å². The van der Waals surface area contributed by atoms with Crippen LogP contribution in [0.2, 0.25) is 0 Å². The summed E-state index contributed by atoms with van der Waals surface area (Å²) in [5, 5.41) is 7.84. The van der Waals surface area contributed by atoms with Crippen molar-refractivity contribution in [3.05, 3.63) is 58.2 Å². The second-order valence-electron chi connectivity index (χ2n) is 24.4. The van der Waals surface area contributed by atoms with Gasteiger partial charge in [0.2, 0.25) is 11.8 Å². The number of methoxy groups -OCH3 is 1. The molecule has 3 saturated carbocycles. The van der Waals surface area contributed by atoms with Crippen LogP contribution in [-0.4, -0.2) is 147 Å². The van der Waals surface area contributed by atoms with Gasteiger partial charge in [-0.05, 0) is 126 Å². The van der Waals surface area contributed by atoms with Gasteiger partial charge < -0.3 is 24.3 Å². The number of rotatable bonds is 11. The molecule has 8 aliphatic rings. The summed E-state index contributed by atoms with van der Waals surface area (Å²) in [5.74, 6) is -0.0188. The number of halogens is 3. The third-order valence-electron chi connectivity index (χ3n) is 18.0. The lowest BCUT2D eigenvalue weighted by Crippen LogP contribution is -2.68. The molecule has 19 heteroatoms. The van der Waals surface area contributed by atoms with Crippen LogP contribution in [0.4, 0.5) is 13.2 Å². The highest BCUT2D eigenvalue weighted by molar-refractivity contribution is 7.10. The third-order valence-corrected chi connectivity index (χ3v) is 18.8. The Morgan fingerprint density at radius 3 is 2.53 bits per heavy atom. The average molecular weight is 1070 g/mol. The van der Waals surface area contributed by atoms with Crippen molar-refractivity contribution in [3.63, 3.8) is 0 Å². The summed E-state index contributed by atoms with van der Waals surface area (Å²) in [6.07, 6.45) is 8.46. The summed E-state index contributed by atoms with van der Waals surface area (Å²) in [6, 6.07) is 7.60. The molecule has 76 heavy (non-hydrogen) atoms. The van der Waals surface area contributed by atoms with Gasteiger partial charge >= 0.3 is 12.1 Å². The van der Waals surface area contributed by atoms with Crippen molar-refractivity contribution in [1.29, 1.82) is 0 Å². The molecule has 15 nitrogen and oxygen atoms in total. The van der Waals surface area contributed by atoms with Gasteiger partial charge in [-0.2, -0.15) is 13.2 Å². The van der Waals surface area contributed by atoms with E-state index in [-0.39, 0.29) is 48.6 Å². The number of aromatic nitrogens is 3. The van der Waals surface area contributed by atoms with Crippen LogP contribution in [0.5, 0.6) is 0 Å². The predicted octanol–water partition coefficient (Wildman–Crippen LogP) is 7.85. The highest BCUT2D eigenvalue weighted by Gasteiger charge is 2.65. The number of cyclic esters (lactones) is 1. The Bertz CT molecular complexity index is 2870. The van der Waals surface area contributed by atoms with Crippen molar-refractivity contribution in [2.45, 2.75) is 166 Å². The number of hydrogen-bond acceptors (Lipinski definition) is 12. The van der Waals surface area contributed by atoms with Gasteiger partial charge in [0, 0.05) is 96.2 Å². The van der Waals surface area contributed by atoms with Crippen LogP contribution in [-0.2, 0) is 48.0 Å². The van der Waals surface area contributed by atoms with Gasteiger partial charge in [-0.1, -0.05) is 32.8 Å². The molecule has 4 aromatic rings. The molecule has 3 aliphatic carbocycles. The molecule has 7 atom stereocenters. The predicted molar refractivity (Wildman–Crippen MR) is 280 cm³/mol. The largest absolute Gasteiger partial charge is 0.464 e. The van der Waals surface area contributed by atoms with Crippen molar-refractivity contribution in [3.8, 4) is 22.5 Å². The van der Waals surface area contributed by atoms with Crippen LogP contribution < -0.4 is 10.7 Å². The van der Waals surface area contributed by atoms with Gasteiger partial charge in [0.25, 0.3) is 5.91 Å². The lowest BCUT2D eigenvalue weighted by atomic mass is 9.72. The zero-order valence-corrected chi connectivity index (χ0v) is 45.0. The maximum atomic E-state index is 15.2. The molecule has 7 fully saturated rings. The number of piperidine rings is 1. The molecule has 1 aromatic carbocycles. The molecule has 4 saturated heterocycles. The normalized spacial score (nSPS) is 28.0. The maximum Gasteiger partial charge on any atom is 0.406 e. The standard InChI is InChI=1S/C57H72F3N9O6S/c1-33(74-4)46-38(12-7-21-61-46)49-40-26-55(2,3)32-75-54(73)41-13-8-23-68(64-41)52(71)42(25-45-62-43(27-76-45)36-16-19-44(39(40)24-36)67(49)31-57(58,59)60)63-51(70)48(34-10-5-6-11-34)65-22-9-20-56(28-65)29-66(30-56)53(72)50-47(35-14-15-35)69(50)37-17-18-37/h7,12,16,19,21,24,27,33-35,37,41-42,47-48,50,64H,5-6,8-11,13-15,17-18,20,22-23,25-26,28-32H2,1-4H3,(H,63,70)/t33-,41-,42-,47+,48-,50+,69?/m0/s1. The number of ether oxygens (including phenoxy) is 2. The molecule has 1 spiro atoms. The van der Waals surface area contributed by atoms with E-state index in [0.717, 1.165) is 64.7 Å². The SMILES string of the molecule is CO[C@@H](C)c1ncccc1-c1c2c3cc(ccc3n1CC(F)(F)F)-c1csc(n1)C[C@H](NC(=O)[C@H](C1CCCC1)N1CCCC3(CN(C(=O)[C@H]4[C@@H](C5CC5)N4C4CC4)C3)C1)C(=O)N1CCC[C@H](N1)C(=O)OCC(C)(C)C2. The molecule has 2 N–H and O–H groups in total. The Balaban J connectivity index is 0.859. The number of amides is 3. The maximum absolute atomic E-state index is 15.2. The van der Waals surface area contributed by atoms with E-state index >= 15 is 4.79 Å². The van der Waals surface area contributed by atoms with Gasteiger partial charge in [-0.15, -0.1) is 11.3 Å². The third kappa shape index (κ3) is 10.2. The molecule has 5 aliphatic heterocycles. The minimum Gasteiger partial charge on any atom is -0.464 e. The average Bonchev–Trinajstić information content (AvgIpc) is 4.37. The Morgan fingerprint density at radius 2 is 1.79 bits per heavy atom. The number of alkyl halides is 3. The van der Waals surface area contributed by atoms with Crippen molar-refractivity contribution in [2.24, 2.45) is 22.7 Å². The quantitative estimate of drug-likeness (QED) is 0.112. The first-order chi connectivity index (χ1) is 36.5. The van der Waals surface area contributed by atoms with E-state index in [1.54, 1.807) is 30.5 Å². The number of nitrogens with zero attached hydrogens (tertiary/aromatic N) is 7. The summed E-state index contributed by atoms with van der Waals surface area (Å²) < 4.78 is 57.4. The summed E-state index contributed by atoms with van der Waals surface area (Å²) in [6.45, 7) is 7.60. The number of benzene rings is 1. The van der Waals surface area contributed by atoms with E-state index in [4.69, 9.17) is 14.5 Å². The molecule has 0 radical (unpaired) electrons. The van der Waals surface area contributed by atoms with Gasteiger partial charge in [0.1, 0.15) is 24.7 Å². The Labute approximate surface area is 446 Å². The summed E-state index contributed by atoms with van der Waals surface area (Å²) >= 11 is 1.36. The number of carbonyl (C=O) groups is 4. The summed E-state index contributed by atoms with van der Waals surface area (Å²) in [4.78, 5) is 75.0. The number of fused-ring (bicyclic) bond motifs is 6. The van der Waals surface area contributed by atoms with Crippen molar-refractivity contribution in [2.75, 3.05) is 46.4 Å². The number of pyridine rings is 1. The van der Waals surface area contributed by atoms with Crippen molar-refractivity contribution < 1.29 is 41.8 Å². The zero-order chi connectivity index (χ0) is 52.8. The Kier molecular flexibility index (Phi) is 13.7. The van der Waals surface area contributed by atoms with Crippen LogP contribution in [0.15, 0.2) is 41.9 Å². The van der Waals surface area contributed by atoms with Crippen LogP contribution in [0.3, 0.4) is 0 Å². The second-order valence-corrected chi connectivity index (χ2v) is 25.4. The molecule has 8 heterocycles. The van der Waals surface area contributed by atoms with Crippen LogP contribution >= 0.6 is 11.3 Å². The first-order valence-electron chi connectivity index (χ1n) is 28.0. The molecular weight excluding hydrogens is 996 g/mol. The number of hydrazine groups is 1. The lowest BCUT2D eigenvalue weighted by molar-refractivity contribution is -0.155. The van der Waals surface area contributed by atoms with Crippen molar-refractivity contribution in [1.82, 2.24) is 45.0 Å². The van der Waals surface area contributed by atoms with E-state index in [9.17, 15) is 27.6 Å². The number of thiazole rings is 1. The Hall–Kier alpha value is -4.95. The van der Waals surface area contributed by atoms with E-state index in [1.165, 1.54) is 53.7 Å². The topological polar surface area (TPSA) is 154 Å². The number of carbonyl (C=O) groups excluding carboxylic acids is 4. The van der Waals surface area contributed by atoms with Crippen LogP contribution in [0, 0.1) is 22.7 Å². The highest BCUT2D eigenvalue weighted by Crippen LogP contribution is 2.54. The minimum atomic E-state index is -4.57. The molecule has 408 valence electrons. The minimum absolute atomic E-state index is 0.0483. The fourth-order valence-electron chi connectivity index (χ4n) is 14.0. The lowest BCUT2D eigenvalue weighted by Gasteiger charge is -2.56. The summed E-state index contributed by atoms with van der Waals surface area (Å²) in [5.41, 5.74) is 5.99. The first kappa shape index (κ1) is 51.8. The first-order valence-corrected chi connectivity index (χ1v) is 28.8. The van der Waals surface area contributed by atoms with Gasteiger partial charge in [0.15, 0.2) is 0 Å². The summed E-state index contributed by atoms with van der Waals surface area (Å²) in [7, 11) is 1.54. The van der Waals surface area contributed by atoms with Gasteiger partial charge in [-0.25, -0.2) is 10.4 Å².